The van der Waals surface area contributed by atoms with Crippen LogP contribution in [0, 0.1) is 0 Å². The number of nitrogens with zero attached hydrogens (tertiary/aromatic N) is 3. The molecule has 7 aromatic carbocycles. The van der Waals surface area contributed by atoms with Crippen molar-refractivity contribution >= 4 is 60.2 Å². The van der Waals surface area contributed by atoms with Gasteiger partial charge in [-0.05, 0) is 82.2 Å². The SMILES string of the molecule is c1ccc(-c2ccc3c(c2)c2ccc(-c4ccc(-n5c6ccccc6c6ccccc65)cc4)cc2n2c4ccccc4nc32)cc1. The van der Waals surface area contributed by atoms with E-state index in [0.29, 0.717) is 0 Å². The third-order valence-electron chi connectivity index (χ3n) is 9.50. The van der Waals surface area contributed by atoms with Crippen LogP contribution < -0.4 is 0 Å². The van der Waals surface area contributed by atoms with Crippen molar-refractivity contribution in [2.75, 3.05) is 0 Å². The van der Waals surface area contributed by atoms with Gasteiger partial charge in [0.1, 0.15) is 5.65 Å². The molecule has 0 radical (unpaired) electrons. The number of benzene rings is 7. The van der Waals surface area contributed by atoms with Crippen LogP contribution in [-0.4, -0.2) is 14.0 Å². The van der Waals surface area contributed by atoms with E-state index in [-0.39, 0.29) is 0 Å². The topological polar surface area (TPSA) is 22.2 Å². The van der Waals surface area contributed by atoms with Gasteiger partial charge in [0.25, 0.3) is 0 Å². The van der Waals surface area contributed by atoms with Crippen LogP contribution in [0.5, 0.6) is 0 Å². The van der Waals surface area contributed by atoms with Crippen molar-refractivity contribution in [2.45, 2.75) is 0 Å². The van der Waals surface area contributed by atoms with Crippen molar-refractivity contribution in [2.24, 2.45) is 0 Å². The number of hydrogen-bond acceptors (Lipinski definition) is 1. The summed E-state index contributed by atoms with van der Waals surface area (Å²) in [6, 6.07) is 59.0. The summed E-state index contributed by atoms with van der Waals surface area (Å²) in [4.78, 5) is 5.15. The maximum atomic E-state index is 5.15. The van der Waals surface area contributed by atoms with E-state index in [2.05, 4.69) is 173 Å². The van der Waals surface area contributed by atoms with Crippen molar-refractivity contribution in [1.29, 1.82) is 0 Å². The summed E-state index contributed by atoms with van der Waals surface area (Å²) < 4.78 is 4.71. The highest BCUT2D eigenvalue weighted by Gasteiger charge is 2.16. The fraction of sp³-hybridized carbons (Fsp3) is 0. The second-order valence-corrected chi connectivity index (χ2v) is 12.0. The molecule has 0 aliphatic heterocycles. The van der Waals surface area contributed by atoms with Crippen LogP contribution in [0.3, 0.4) is 0 Å². The standard InChI is InChI=1S/C43H27N3/c1-2-10-28(11-3-1)30-21-25-36-37(26-30)35-24-20-31(27-42(35)46-41-17-9-6-14-38(41)44-43(36)46)29-18-22-32(23-19-29)45-39-15-7-4-12-33(39)34-13-5-8-16-40(34)45/h1-27H. The molecular formula is C43H27N3. The Morgan fingerprint density at radius 3 is 1.63 bits per heavy atom. The van der Waals surface area contributed by atoms with Crippen molar-refractivity contribution in [3.05, 3.63) is 164 Å². The van der Waals surface area contributed by atoms with Gasteiger partial charge in [0.2, 0.25) is 0 Å². The van der Waals surface area contributed by atoms with Gasteiger partial charge in [-0.1, -0.05) is 109 Å². The molecule has 0 amide bonds. The van der Waals surface area contributed by atoms with E-state index in [1.807, 2.05) is 0 Å². The minimum absolute atomic E-state index is 0.988. The van der Waals surface area contributed by atoms with E-state index in [1.54, 1.807) is 0 Å². The summed E-state index contributed by atoms with van der Waals surface area (Å²) >= 11 is 0. The third-order valence-corrected chi connectivity index (χ3v) is 9.50. The molecule has 10 rings (SSSR count). The van der Waals surface area contributed by atoms with Gasteiger partial charge in [0, 0.05) is 27.2 Å². The lowest BCUT2D eigenvalue weighted by Crippen LogP contribution is -1.94. The first-order chi connectivity index (χ1) is 22.8. The summed E-state index contributed by atoms with van der Waals surface area (Å²) in [6.07, 6.45) is 0. The molecule has 0 aliphatic rings. The molecular weight excluding hydrogens is 558 g/mol. The summed E-state index contributed by atoms with van der Waals surface area (Å²) in [6.45, 7) is 0. The fourth-order valence-electron chi connectivity index (χ4n) is 7.35. The monoisotopic (exact) mass is 585 g/mol. The number of hydrogen-bond donors (Lipinski definition) is 0. The maximum absolute atomic E-state index is 5.15. The van der Waals surface area contributed by atoms with E-state index in [0.717, 1.165) is 33.3 Å². The first-order valence-electron chi connectivity index (χ1n) is 15.7. The summed E-state index contributed by atoms with van der Waals surface area (Å²) in [5.41, 5.74) is 12.7. The molecule has 0 saturated heterocycles. The van der Waals surface area contributed by atoms with Crippen molar-refractivity contribution < 1.29 is 0 Å². The second-order valence-electron chi connectivity index (χ2n) is 12.0. The lowest BCUT2D eigenvalue weighted by atomic mass is 9.97. The Balaban J connectivity index is 1.18. The molecule has 3 heteroatoms. The van der Waals surface area contributed by atoms with Gasteiger partial charge in [0.15, 0.2) is 0 Å². The smallest absolute Gasteiger partial charge is 0.146 e. The molecule has 0 bridgehead atoms. The van der Waals surface area contributed by atoms with Gasteiger partial charge in [-0.25, -0.2) is 4.98 Å². The summed E-state index contributed by atoms with van der Waals surface area (Å²) in [5, 5.41) is 6.14. The van der Waals surface area contributed by atoms with E-state index >= 15 is 0 Å². The van der Waals surface area contributed by atoms with Gasteiger partial charge in [-0.3, -0.25) is 4.40 Å². The molecule has 0 saturated carbocycles. The fourth-order valence-corrected chi connectivity index (χ4v) is 7.35. The normalized spacial score (nSPS) is 11.9. The van der Waals surface area contributed by atoms with Crippen LogP contribution in [0.15, 0.2) is 164 Å². The van der Waals surface area contributed by atoms with Crippen LogP contribution in [0.25, 0.3) is 88.1 Å². The second kappa shape index (κ2) is 9.65. The molecule has 0 spiro atoms. The molecule has 0 fully saturated rings. The molecule has 0 unspecified atom stereocenters. The molecule has 3 nitrogen and oxygen atoms in total. The third kappa shape index (κ3) is 3.63. The van der Waals surface area contributed by atoms with Crippen LogP contribution in [0.1, 0.15) is 0 Å². The van der Waals surface area contributed by atoms with E-state index in [4.69, 9.17) is 4.98 Å². The highest BCUT2D eigenvalue weighted by molar-refractivity contribution is 6.15. The van der Waals surface area contributed by atoms with E-state index in [9.17, 15) is 0 Å². The largest absolute Gasteiger partial charge is 0.309 e. The molecule has 3 heterocycles. The first kappa shape index (κ1) is 25.2. The van der Waals surface area contributed by atoms with Crippen LogP contribution in [0.4, 0.5) is 0 Å². The van der Waals surface area contributed by atoms with Crippen molar-refractivity contribution in [3.63, 3.8) is 0 Å². The highest BCUT2D eigenvalue weighted by atomic mass is 15.0. The average Bonchev–Trinajstić information content (AvgIpc) is 3.69. The number of fused-ring (bicyclic) bond motifs is 11. The van der Waals surface area contributed by atoms with Crippen LogP contribution in [0.2, 0.25) is 0 Å². The minimum Gasteiger partial charge on any atom is -0.309 e. The molecule has 0 atom stereocenters. The molecule has 0 aliphatic carbocycles. The number of aromatic nitrogens is 3. The predicted octanol–water partition coefficient (Wildman–Crippen LogP) is 11.2. The zero-order valence-electron chi connectivity index (χ0n) is 24.9. The highest BCUT2D eigenvalue weighted by Crippen LogP contribution is 2.37. The Morgan fingerprint density at radius 1 is 0.348 bits per heavy atom. The Labute approximate surface area is 265 Å². The quantitative estimate of drug-likeness (QED) is 0.189. The van der Waals surface area contributed by atoms with Crippen LogP contribution in [-0.2, 0) is 0 Å². The number of para-hydroxylation sites is 4. The zero-order chi connectivity index (χ0) is 30.2. The molecule has 0 N–H and O–H groups in total. The Morgan fingerprint density at radius 2 is 0.891 bits per heavy atom. The Hall–Kier alpha value is -6.19. The van der Waals surface area contributed by atoms with Crippen molar-refractivity contribution in [3.8, 4) is 27.9 Å². The predicted molar refractivity (Wildman–Crippen MR) is 193 cm³/mol. The minimum atomic E-state index is 0.988. The zero-order valence-corrected chi connectivity index (χ0v) is 24.9. The average molecular weight is 586 g/mol. The molecule has 46 heavy (non-hydrogen) atoms. The van der Waals surface area contributed by atoms with Gasteiger partial charge >= 0.3 is 0 Å². The van der Waals surface area contributed by atoms with Gasteiger partial charge in [0.05, 0.1) is 27.6 Å². The van der Waals surface area contributed by atoms with E-state index < -0.39 is 0 Å². The maximum Gasteiger partial charge on any atom is 0.146 e. The first-order valence-corrected chi connectivity index (χ1v) is 15.7. The lowest BCUT2D eigenvalue weighted by molar-refractivity contribution is 1.18. The van der Waals surface area contributed by atoms with Crippen LogP contribution >= 0.6 is 0 Å². The summed E-state index contributed by atoms with van der Waals surface area (Å²) in [7, 11) is 0. The van der Waals surface area contributed by atoms with Gasteiger partial charge in [-0.15, -0.1) is 0 Å². The van der Waals surface area contributed by atoms with Gasteiger partial charge < -0.3 is 4.57 Å². The number of imidazole rings is 1. The van der Waals surface area contributed by atoms with E-state index in [1.165, 1.54) is 54.8 Å². The lowest BCUT2D eigenvalue weighted by Gasteiger charge is -2.13. The molecule has 3 aromatic heterocycles. The molecule has 214 valence electrons. The molecule has 10 aromatic rings. The van der Waals surface area contributed by atoms with Gasteiger partial charge in [-0.2, -0.15) is 0 Å². The Kier molecular flexibility index (Phi) is 5.28. The Bertz CT molecular complexity index is 2730. The number of rotatable bonds is 3. The number of pyridine rings is 1. The van der Waals surface area contributed by atoms with Crippen molar-refractivity contribution in [1.82, 2.24) is 14.0 Å². The summed E-state index contributed by atoms with van der Waals surface area (Å²) in [5.74, 6) is 0.